The minimum Gasteiger partial charge on any atom is -0.507 e. The van der Waals surface area contributed by atoms with E-state index >= 15 is 0 Å². The highest BCUT2D eigenvalue weighted by molar-refractivity contribution is 6.10. The van der Waals surface area contributed by atoms with Crippen LogP contribution in [0.4, 0.5) is 5.69 Å². The first-order valence-electron chi connectivity index (χ1n) is 7.15. The summed E-state index contributed by atoms with van der Waals surface area (Å²) in [7, 11) is 0. The van der Waals surface area contributed by atoms with Gasteiger partial charge in [-0.25, -0.2) is 0 Å². The van der Waals surface area contributed by atoms with E-state index in [0.29, 0.717) is 5.69 Å². The normalized spacial score (nSPS) is 10.4. The average Bonchev–Trinajstić information content (AvgIpc) is 2.54. The highest BCUT2D eigenvalue weighted by Gasteiger charge is 2.11. The summed E-state index contributed by atoms with van der Waals surface area (Å²) in [6.07, 6.45) is 2.75. The van der Waals surface area contributed by atoms with Crippen LogP contribution in [0.5, 0.6) is 5.75 Å². The summed E-state index contributed by atoms with van der Waals surface area (Å²) >= 11 is 0. The van der Waals surface area contributed by atoms with Gasteiger partial charge >= 0.3 is 0 Å². The zero-order chi connectivity index (χ0) is 17.5. The lowest BCUT2D eigenvalue weighted by Crippen LogP contribution is -2.28. The Bertz CT molecular complexity index is 795. The maximum atomic E-state index is 11.9. The Morgan fingerprint density at radius 1 is 1.00 bits per heavy atom. The number of carbonyl (C=O) groups is 3. The molecule has 0 saturated carbocycles. The molecule has 24 heavy (non-hydrogen) atoms. The molecule has 2 aromatic rings. The fourth-order valence-corrected chi connectivity index (χ4v) is 1.94. The van der Waals surface area contributed by atoms with Crippen molar-refractivity contribution < 1.29 is 19.5 Å². The van der Waals surface area contributed by atoms with Crippen molar-refractivity contribution in [2.24, 2.45) is 0 Å². The van der Waals surface area contributed by atoms with Crippen molar-refractivity contribution in [3.05, 3.63) is 65.7 Å². The van der Waals surface area contributed by atoms with Crippen LogP contribution in [0.15, 0.2) is 54.6 Å². The Morgan fingerprint density at radius 3 is 2.29 bits per heavy atom. The third kappa shape index (κ3) is 4.81. The monoisotopic (exact) mass is 324 g/mol. The minimum absolute atomic E-state index is 0.0268. The SMILES string of the molecule is CC(=O)Nc1ccc(/C=C/C(=O)NC(=O)c2ccccc2O)cc1. The zero-order valence-electron chi connectivity index (χ0n) is 12.9. The number of phenols is 1. The second-order valence-electron chi connectivity index (χ2n) is 4.97. The number of hydrogen-bond donors (Lipinski definition) is 3. The molecule has 0 fully saturated rings. The van der Waals surface area contributed by atoms with Crippen molar-refractivity contribution in [1.29, 1.82) is 0 Å². The van der Waals surface area contributed by atoms with E-state index in [2.05, 4.69) is 10.6 Å². The quantitative estimate of drug-likeness (QED) is 0.752. The van der Waals surface area contributed by atoms with Crippen molar-refractivity contribution >= 4 is 29.5 Å². The van der Waals surface area contributed by atoms with Crippen molar-refractivity contribution in [3.8, 4) is 5.75 Å². The number of para-hydroxylation sites is 1. The molecule has 0 aliphatic heterocycles. The molecular weight excluding hydrogens is 308 g/mol. The van der Waals surface area contributed by atoms with Crippen LogP contribution < -0.4 is 10.6 Å². The predicted octanol–water partition coefficient (Wildman–Crippen LogP) is 2.32. The lowest BCUT2D eigenvalue weighted by atomic mass is 10.2. The van der Waals surface area contributed by atoms with E-state index < -0.39 is 11.8 Å². The van der Waals surface area contributed by atoms with Gasteiger partial charge in [0.05, 0.1) is 5.56 Å². The number of carbonyl (C=O) groups excluding carboxylic acids is 3. The largest absolute Gasteiger partial charge is 0.507 e. The minimum atomic E-state index is -0.677. The number of amides is 3. The first kappa shape index (κ1) is 17.0. The average molecular weight is 324 g/mol. The highest BCUT2D eigenvalue weighted by atomic mass is 16.3. The molecule has 122 valence electrons. The van der Waals surface area contributed by atoms with Gasteiger partial charge in [-0.2, -0.15) is 0 Å². The molecule has 0 saturated heterocycles. The number of anilines is 1. The first-order chi connectivity index (χ1) is 11.5. The molecule has 0 aliphatic carbocycles. The molecule has 3 amide bonds. The lowest BCUT2D eigenvalue weighted by molar-refractivity contribution is -0.116. The third-order valence-electron chi connectivity index (χ3n) is 3.04. The van der Waals surface area contributed by atoms with Gasteiger partial charge in [0.25, 0.3) is 11.8 Å². The summed E-state index contributed by atoms with van der Waals surface area (Å²) in [5, 5.41) is 14.4. The molecule has 3 N–H and O–H groups in total. The Labute approximate surface area is 138 Å². The number of nitrogens with one attached hydrogen (secondary N) is 2. The van der Waals surface area contributed by atoms with Crippen molar-refractivity contribution in [1.82, 2.24) is 5.32 Å². The van der Waals surface area contributed by atoms with Crippen molar-refractivity contribution in [2.75, 3.05) is 5.32 Å². The maximum absolute atomic E-state index is 11.9. The first-order valence-corrected chi connectivity index (χ1v) is 7.15. The van der Waals surface area contributed by atoms with Gasteiger partial charge in [0.15, 0.2) is 0 Å². The van der Waals surface area contributed by atoms with Crippen molar-refractivity contribution in [3.63, 3.8) is 0 Å². The van der Waals surface area contributed by atoms with Crippen LogP contribution in [0.25, 0.3) is 6.08 Å². The van der Waals surface area contributed by atoms with Gasteiger partial charge in [-0.3, -0.25) is 19.7 Å². The number of imide groups is 1. The van der Waals surface area contributed by atoms with Crippen LogP contribution in [0.2, 0.25) is 0 Å². The summed E-state index contributed by atoms with van der Waals surface area (Å²) < 4.78 is 0. The number of phenolic OH excluding ortho intramolecular Hbond substituents is 1. The number of aromatic hydroxyl groups is 1. The third-order valence-corrected chi connectivity index (χ3v) is 3.04. The van der Waals surface area contributed by atoms with E-state index in [4.69, 9.17) is 0 Å². The second-order valence-corrected chi connectivity index (χ2v) is 4.97. The summed E-state index contributed by atoms with van der Waals surface area (Å²) in [6, 6.07) is 12.8. The standard InChI is InChI=1S/C18H16N2O4/c1-12(21)19-14-9-6-13(7-10-14)8-11-17(23)20-18(24)15-4-2-3-5-16(15)22/h2-11,22H,1H3,(H,19,21)(H,20,23,24)/b11-8+. The van der Waals surface area contributed by atoms with Crippen molar-refractivity contribution in [2.45, 2.75) is 6.92 Å². The van der Waals surface area contributed by atoms with Crippen LogP contribution >= 0.6 is 0 Å². The van der Waals surface area contributed by atoms with Gasteiger partial charge in [0.1, 0.15) is 5.75 Å². The Kier molecular flexibility index (Phi) is 5.46. The number of hydrogen-bond acceptors (Lipinski definition) is 4. The van der Waals surface area contributed by atoms with E-state index in [1.807, 2.05) is 0 Å². The topological polar surface area (TPSA) is 95.5 Å². The Morgan fingerprint density at radius 2 is 1.67 bits per heavy atom. The summed E-state index contributed by atoms with van der Waals surface area (Å²) in [6.45, 7) is 1.42. The second kappa shape index (κ2) is 7.73. The van der Waals surface area contributed by atoms with E-state index in [1.54, 1.807) is 36.4 Å². The van der Waals surface area contributed by atoms with Crippen LogP contribution in [0.3, 0.4) is 0 Å². The highest BCUT2D eigenvalue weighted by Crippen LogP contribution is 2.15. The fourth-order valence-electron chi connectivity index (χ4n) is 1.94. The van der Waals surface area contributed by atoms with Gasteiger partial charge in [-0.05, 0) is 35.9 Å². The van der Waals surface area contributed by atoms with Crippen LogP contribution in [0.1, 0.15) is 22.8 Å². The molecule has 0 spiro atoms. The summed E-state index contributed by atoms with van der Waals surface area (Å²) in [5.41, 5.74) is 1.41. The molecule has 6 nitrogen and oxygen atoms in total. The lowest BCUT2D eigenvalue weighted by Gasteiger charge is -2.03. The van der Waals surface area contributed by atoms with Gasteiger partial charge in [0.2, 0.25) is 5.91 Å². The van der Waals surface area contributed by atoms with Gasteiger partial charge < -0.3 is 10.4 Å². The molecule has 2 rings (SSSR count). The van der Waals surface area contributed by atoms with Crippen LogP contribution in [-0.4, -0.2) is 22.8 Å². The number of rotatable bonds is 4. The zero-order valence-corrected chi connectivity index (χ0v) is 12.9. The molecule has 0 radical (unpaired) electrons. The van der Waals surface area contributed by atoms with Gasteiger partial charge in [-0.1, -0.05) is 24.3 Å². The maximum Gasteiger partial charge on any atom is 0.261 e. The Balaban J connectivity index is 1.96. The fraction of sp³-hybridized carbons (Fsp3) is 0.0556. The smallest absolute Gasteiger partial charge is 0.261 e. The Hall–Kier alpha value is -3.41. The summed E-state index contributed by atoms with van der Waals surface area (Å²) in [4.78, 5) is 34.6. The predicted molar refractivity (Wildman–Crippen MR) is 90.4 cm³/mol. The van der Waals surface area contributed by atoms with Gasteiger partial charge in [-0.15, -0.1) is 0 Å². The van der Waals surface area contributed by atoms with Gasteiger partial charge in [0, 0.05) is 18.7 Å². The van der Waals surface area contributed by atoms with E-state index in [9.17, 15) is 19.5 Å². The molecule has 0 bridgehead atoms. The molecule has 0 atom stereocenters. The summed E-state index contributed by atoms with van der Waals surface area (Å²) in [5.74, 6) is -1.64. The van der Waals surface area contributed by atoms with E-state index in [-0.39, 0.29) is 17.2 Å². The van der Waals surface area contributed by atoms with E-state index in [1.165, 1.54) is 31.2 Å². The molecule has 6 heteroatoms. The number of benzene rings is 2. The van der Waals surface area contributed by atoms with Crippen LogP contribution in [-0.2, 0) is 9.59 Å². The van der Waals surface area contributed by atoms with E-state index in [0.717, 1.165) is 5.56 Å². The molecule has 0 unspecified atom stereocenters. The van der Waals surface area contributed by atoms with Crippen LogP contribution in [0, 0.1) is 0 Å². The molecule has 0 aromatic heterocycles. The molecule has 2 aromatic carbocycles. The molecule has 0 aliphatic rings. The molecular formula is C18H16N2O4. The molecule has 0 heterocycles.